The van der Waals surface area contributed by atoms with Crippen molar-refractivity contribution in [2.24, 2.45) is 0 Å². The fraction of sp³-hybridized carbons (Fsp3) is 0.864. The van der Waals surface area contributed by atoms with E-state index in [1.165, 1.54) is 4.57 Å². The summed E-state index contributed by atoms with van der Waals surface area (Å²) in [5, 5.41) is 0. The van der Waals surface area contributed by atoms with Crippen molar-refractivity contribution in [1.29, 1.82) is 0 Å². The van der Waals surface area contributed by atoms with Crippen molar-refractivity contribution in [1.82, 2.24) is 14.5 Å². The lowest BCUT2D eigenvalue weighted by atomic mass is 9.55. The minimum Gasteiger partial charge on any atom is -0.363 e. The number of hydrogen-bond donors (Lipinski definition) is 2. The van der Waals surface area contributed by atoms with Crippen molar-refractivity contribution in [3.05, 3.63) is 31.5 Å². The van der Waals surface area contributed by atoms with Crippen LogP contribution in [0, 0.1) is 0 Å². The average Bonchev–Trinajstić information content (AvgIpc) is 3.65. The molecule has 9 heteroatoms. The summed E-state index contributed by atoms with van der Waals surface area (Å²) in [6, 6.07) is 0. The molecule has 4 heterocycles. The van der Waals surface area contributed by atoms with E-state index in [0.717, 1.165) is 77.0 Å². The predicted molar refractivity (Wildman–Crippen MR) is 108 cm³/mol. The number of rotatable bonds is 4. The highest BCUT2D eigenvalue weighted by Crippen LogP contribution is 2.76. The van der Waals surface area contributed by atoms with Crippen LogP contribution in [0.15, 0.2) is 14.4 Å². The van der Waals surface area contributed by atoms with Gasteiger partial charge in [-0.25, -0.2) is 19.0 Å². The Kier molecular flexibility index (Phi) is 3.52. The minimum absolute atomic E-state index is 0.0122. The van der Waals surface area contributed by atoms with E-state index in [9.17, 15) is 14.4 Å². The molecule has 0 aromatic carbocycles. The zero-order valence-corrected chi connectivity index (χ0v) is 17.6. The van der Waals surface area contributed by atoms with Crippen LogP contribution < -0.4 is 17.1 Å². The quantitative estimate of drug-likeness (QED) is 0.687. The SMILES string of the molecule is O=c1[nH]c(=O)n(C(C23CCCCC2O3)(C23CCCCC2O3)C23CCCCC2O3)c(=O)[nH]1. The Morgan fingerprint density at radius 1 is 0.677 bits per heavy atom. The van der Waals surface area contributed by atoms with Crippen LogP contribution in [0.4, 0.5) is 0 Å². The Morgan fingerprint density at radius 3 is 1.42 bits per heavy atom. The molecule has 1 aromatic heterocycles. The fourth-order valence-electron chi connectivity index (χ4n) is 8.22. The van der Waals surface area contributed by atoms with E-state index >= 15 is 0 Å². The van der Waals surface area contributed by atoms with Gasteiger partial charge >= 0.3 is 17.1 Å². The second kappa shape index (κ2) is 5.80. The Hall–Kier alpha value is -1.71. The van der Waals surface area contributed by atoms with Crippen LogP contribution in [0.5, 0.6) is 0 Å². The summed E-state index contributed by atoms with van der Waals surface area (Å²) in [7, 11) is 0. The van der Waals surface area contributed by atoms with E-state index in [1.807, 2.05) is 0 Å². The molecule has 7 rings (SSSR count). The molecule has 3 saturated heterocycles. The first-order valence-corrected chi connectivity index (χ1v) is 12.0. The first-order valence-electron chi connectivity index (χ1n) is 12.0. The molecule has 0 bridgehead atoms. The van der Waals surface area contributed by atoms with E-state index < -0.39 is 39.4 Å². The summed E-state index contributed by atoms with van der Waals surface area (Å²) in [6.07, 6.45) is 11.2. The minimum atomic E-state index is -1.07. The molecule has 0 spiro atoms. The first kappa shape index (κ1) is 18.8. The van der Waals surface area contributed by atoms with Crippen LogP contribution >= 0.6 is 0 Å². The van der Waals surface area contributed by atoms with Gasteiger partial charge in [0.1, 0.15) is 22.3 Å². The Labute approximate surface area is 178 Å². The lowest BCUT2D eigenvalue weighted by molar-refractivity contribution is -0.0691. The normalized spacial score (nSPS) is 46.8. The zero-order chi connectivity index (χ0) is 21.1. The van der Waals surface area contributed by atoms with Gasteiger partial charge in [0.15, 0.2) is 0 Å². The number of aromatic amines is 2. The third kappa shape index (κ3) is 2.02. The Morgan fingerprint density at radius 2 is 1.06 bits per heavy atom. The molecular formula is C22H29N3O6. The van der Waals surface area contributed by atoms with Crippen molar-refractivity contribution < 1.29 is 14.2 Å². The maximum absolute atomic E-state index is 13.4. The van der Waals surface area contributed by atoms with Gasteiger partial charge in [0.25, 0.3) is 0 Å². The van der Waals surface area contributed by atoms with E-state index in [-0.39, 0.29) is 18.3 Å². The van der Waals surface area contributed by atoms with Gasteiger partial charge in [-0.05, 0) is 38.5 Å². The first-order chi connectivity index (χ1) is 15.0. The molecule has 9 nitrogen and oxygen atoms in total. The molecule has 2 N–H and O–H groups in total. The molecule has 1 aromatic rings. The van der Waals surface area contributed by atoms with Gasteiger partial charge in [0.2, 0.25) is 0 Å². The number of epoxide rings is 3. The third-order valence-electron chi connectivity index (χ3n) is 9.26. The molecule has 3 aliphatic carbocycles. The molecule has 168 valence electrons. The summed E-state index contributed by atoms with van der Waals surface area (Å²) in [6.45, 7) is 0. The van der Waals surface area contributed by atoms with E-state index in [0.29, 0.717) is 0 Å². The number of hydrogen-bond acceptors (Lipinski definition) is 6. The van der Waals surface area contributed by atoms with E-state index in [4.69, 9.17) is 14.2 Å². The molecule has 6 aliphatic rings. The average molecular weight is 431 g/mol. The van der Waals surface area contributed by atoms with Gasteiger partial charge in [0.05, 0.1) is 18.3 Å². The molecule has 3 aliphatic heterocycles. The largest absolute Gasteiger partial charge is 0.363 e. The van der Waals surface area contributed by atoms with Crippen LogP contribution in [-0.2, 0) is 19.7 Å². The van der Waals surface area contributed by atoms with Gasteiger partial charge in [-0.15, -0.1) is 0 Å². The van der Waals surface area contributed by atoms with Crippen molar-refractivity contribution >= 4 is 0 Å². The second-order valence-electron chi connectivity index (χ2n) is 10.5. The maximum Gasteiger partial charge on any atom is 0.334 e. The number of nitrogens with zero attached hydrogens (tertiary/aromatic N) is 1. The highest BCUT2D eigenvalue weighted by Gasteiger charge is 2.93. The standard InChI is InChI=1S/C22H29N3O6/c26-16-23-17(27)25(18(28)24-16)22(19-10-4-1-7-13(19)29-19,20-11-5-2-8-14(20)30-20)21-12-6-3-9-15(21)31-21/h13-15H,1-12H2,(H2,23,24,26,27,28). The molecule has 6 unspecified atom stereocenters. The third-order valence-corrected chi connectivity index (χ3v) is 9.26. The van der Waals surface area contributed by atoms with Gasteiger partial charge in [-0.2, -0.15) is 0 Å². The van der Waals surface area contributed by atoms with Crippen molar-refractivity contribution in [3.63, 3.8) is 0 Å². The molecule has 31 heavy (non-hydrogen) atoms. The number of H-pyrrole nitrogens is 2. The molecular weight excluding hydrogens is 402 g/mol. The van der Waals surface area contributed by atoms with Crippen LogP contribution in [0.1, 0.15) is 77.0 Å². The monoisotopic (exact) mass is 431 g/mol. The highest BCUT2D eigenvalue weighted by atomic mass is 16.7. The summed E-state index contributed by atoms with van der Waals surface area (Å²) in [5.41, 5.74) is -5.20. The van der Waals surface area contributed by atoms with Crippen LogP contribution in [0.25, 0.3) is 0 Å². The number of nitrogens with one attached hydrogen (secondary N) is 2. The molecule has 0 amide bonds. The lowest BCUT2D eigenvalue weighted by Gasteiger charge is -2.51. The molecule has 6 atom stereocenters. The van der Waals surface area contributed by atoms with Crippen LogP contribution in [-0.4, -0.2) is 49.7 Å². The highest BCUT2D eigenvalue weighted by molar-refractivity contribution is 5.41. The Bertz CT molecular complexity index is 1010. The number of aromatic nitrogens is 3. The van der Waals surface area contributed by atoms with Gasteiger partial charge in [0, 0.05) is 0 Å². The summed E-state index contributed by atoms with van der Waals surface area (Å²) in [4.78, 5) is 43.5. The zero-order valence-electron chi connectivity index (χ0n) is 17.6. The van der Waals surface area contributed by atoms with Gasteiger partial charge in [-0.3, -0.25) is 9.97 Å². The topological polar surface area (TPSA) is 125 Å². The maximum atomic E-state index is 13.4. The smallest absolute Gasteiger partial charge is 0.334 e. The van der Waals surface area contributed by atoms with Crippen molar-refractivity contribution in [3.8, 4) is 0 Å². The van der Waals surface area contributed by atoms with Crippen molar-refractivity contribution in [2.45, 2.75) is 118 Å². The molecule has 6 fully saturated rings. The second-order valence-corrected chi connectivity index (χ2v) is 10.5. The lowest BCUT2D eigenvalue weighted by Crippen LogP contribution is -2.75. The fourth-order valence-corrected chi connectivity index (χ4v) is 8.22. The van der Waals surface area contributed by atoms with Crippen molar-refractivity contribution in [2.75, 3.05) is 0 Å². The molecule has 3 saturated carbocycles. The number of ether oxygens (including phenoxy) is 3. The summed E-state index contributed by atoms with van der Waals surface area (Å²) >= 11 is 0. The number of fused-ring (bicyclic) bond motifs is 3. The van der Waals surface area contributed by atoms with Crippen LogP contribution in [0.3, 0.4) is 0 Å². The Balaban J connectivity index is 1.58. The molecule has 0 radical (unpaired) electrons. The van der Waals surface area contributed by atoms with Gasteiger partial charge < -0.3 is 14.2 Å². The predicted octanol–water partition coefficient (Wildman–Crippen LogP) is 1.05. The van der Waals surface area contributed by atoms with E-state index in [1.54, 1.807) is 0 Å². The summed E-state index contributed by atoms with van der Waals surface area (Å²) in [5.74, 6) is 0. The van der Waals surface area contributed by atoms with Crippen LogP contribution in [0.2, 0.25) is 0 Å². The summed E-state index contributed by atoms with van der Waals surface area (Å²) < 4.78 is 21.0. The van der Waals surface area contributed by atoms with Gasteiger partial charge in [-0.1, -0.05) is 38.5 Å². The van der Waals surface area contributed by atoms with E-state index in [2.05, 4.69) is 9.97 Å².